The Morgan fingerprint density at radius 2 is 1.91 bits per heavy atom. The lowest BCUT2D eigenvalue weighted by atomic mass is 9.99. The molecule has 1 aromatic carbocycles. The minimum atomic E-state index is -0.286. The van der Waals surface area contributed by atoms with Gasteiger partial charge in [0.05, 0.1) is 16.6 Å². The number of pyridine rings is 1. The van der Waals surface area contributed by atoms with Gasteiger partial charge in [0.1, 0.15) is 0 Å². The first-order chi connectivity index (χ1) is 11.1. The fourth-order valence-electron chi connectivity index (χ4n) is 2.56. The average molecular weight is 328 g/mol. The second kappa shape index (κ2) is 6.84. The number of benzene rings is 1. The second-order valence-electron chi connectivity index (χ2n) is 5.53. The molecule has 0 bridgehead atoms. The first kappa shape index (κ1) is 15.6. The van der Waals surface area contributed by atoms with E-state index >= 15 is 0 Å². The van der Waals surface area contributed by atoms with E-state index in [0.717, 1.165) is 30.0 Å². The highest BCUT2D eigenvalue weighted by atomic mass is 35.5. The van der Waals surface area contributed by atoms with E-state index in [1.807, 2.05) is 25.1 Å². The van der Waals surface area contributed by atoms with Gasteiger partial charge in [-0.1, -0.05) is 29.8 Å². The minimum absolute atomic E-state index is 0.0668. The maximum Gasteiger partial charge on any atom is 0.231 e. The lowest BCUT2D eigenvalue weighted by molar-refractivity contribution is -0.117. The number of nitrogens with one attached hydrogen (secondary N) is 1. The lowest BCUT2D eigenvalue weighted by Gasteiger charge is -2.21. The van der Waals surface area contributed by atoms with Crippen LogP contribution in [-0.2, 0) is 4.79 Å². The van der Waals surface area contributed by atoms with Crippen LogP contribution in [0, 0.1) is 0 Å². The number of amides is 1. The zero-order chi connectivity index (χ0) is 16.2. The van der Waals surface area contributed by atoms with Gasteiger partial charge in [0.15, 0.2) is 0 Å². The summed E-state index contributed by atoms with van der Waals surface area (Å²) >= 11 is 6.41. The van der Waals surface area contributed by atoms with E-state index in [4.69, 9.17) is 11.6 Å². The van der Waals surface area contributed by atoms with Crippen molar-refractivity contribution in [2.45, 2.75) is 12.8 Å². The van der Waals surface area contributed by atoms with Crippen molar-refractivity contribution in [1.82, 2.24) is 4.98 Å². The monoisotopic (exact) mass is 327 g/mol. The molecule has 1 aliphatic rings. The van der Waals surface area contributed by atoms with Gasteiger partial charge in [-0.25, -0.2) is 0 Å². The summed E-state index contributed by atoms with van der Waals surface area (Å²) in [4.78, 5) is 18.5. The van der Waals surface area contributed by atoms with E-state index in [2.05, 4.69) is 27.4 Å². The van der Waals surface area contributed by atoms with Gasteiger partial charge in [0.2, 0.25) is 5.91 Å². The number of anilines is 2. The molecule has 1 amide bonds. The predicted octanol–water partition coefficient (Wildman–Crippen LogP) is 3.85. The predicted molar refractivity (Wildman–Crippen MR) is 94.1 cm³/mol. The van der Waals surface area contributed by atoms with Crippen molar-refractivity contribution in [1.29, 1.82) is 0 Å². The summed E-state index contributed by atoms with van der Waals surface area (Å²) in [5, 5.41) is 3.56. The molecule has 1 aliphatic heterocycles. The largest absolute Gasteiger partial charge is 0.363 e. The SMILES string of the molecule is C[C@@H](C(=O)Nc1ccncc1)c1ccc(N2CC=CC2)c(Cl)c1. The molecule has 0 aliphatic carbocycles. The molecule has 3 rings (SSSR count). The van der Waals surface area contributed by atoms with Crippen LogP contribution < -0.4 is 10.2 Å². The minimum Gasteiger partial charge on any atom is -0.363 e. The summed E-state index contributed by atoms with van der Waals surface area (Å²) in [6.45, 7) is 3.62. The molecule has 2 aromatic rings. The third-order valence-electron chi connectivity index (χ3n) is 3.97. The van der Waals surface area contributed by atoms with Gasteiger partial charge in [-0.15, -0.1) is 0 Å². The third-order valence-corrected chi connectivity index (χ3v) is 4.27. The van der Waals surface area contributed by atoms with Crippen LogP contribution in [0.4, 0.5) is 11.4 Å². The molecule has 0 spiro atoms. The maximum absolute atomic E-state index is 12.4. The number of halogens is 1. The van der Waals surface area contributed by atoms with Crippen molar-refractivity contribution in [3.05, 3.63) is 65.5 Å². The Kier molecular flexibility index (Phi) is 4.63. The Morgan fingerprint density at radius 3 is 2.57 bits per heavy atom. The Labute approximate surface area is 140 Å². The fraction of sp³-hybridized carbons (Fsp3) is 0.222. The van der Waals surface area contributed by atoms with Crippen molar-refractivity contribution in [2.24, 2.45) is 0 Å². The van der Waals surface area contributed by atoms with Crippen LogP contribution in [0.25, 0.3) is 0 Å². The van der Waals surface area contributed by atoms with Gasteiger partial charge in [-0.05, 0) is 36.8 Å². The molecule has 1 atom stereocenters. The van der Waals surface area contributed by atoms with Crippen molar-refractivity contribution >= 4 is 28.9 Å². The Balaban J connectivity index is 1.73. The normalized spacial score (nSPS) is 14.8. The van der Waals surface area contributed by atoms with Crippen LogP contribution in [0.15, 0.2) is 54.9 Å². The Bertz CT molecular complexity index is 722. The van der Waals surface area contributed by atoms with Gasteiger partial charge in [-0.2, -0.15) is 0 Å². The highest BCUT2D eigenvalue weighted by Crippen LogP contribution is 2.31. The molecule has 118 valence electrons. The molecule has 2 heterocycles. The van der Waals surface area contributed by atoms with Gasteiger partial charge in [-0.3, -0.25) is 9.78 Å². The van der Waals surface area contributed by atoms with Crippen LogP contribution in [-0.4, -0.2) is 24.0 Å². The number of nitrogens with zero attached hydrogens (tertiary/aromatic N) is 2. The van der Waals surface area contributed by atoms with E-state index in [0.29, 0.717) is 5.02 Å². The molecular weight excluding hydrogens is 310 g/mol. The van der Waals surface area contributed by atoms with E-state index in [-0.39, 0.29) is 11.8 Å². The van der Waals surface area contributed by atoms with Crippen molar-refractivity contribution in [3.8, 4) is 0 Å². The number of hydrogen-bond acceptors (Lipinski definition) is 3. The molecule has 23 heavy (non-hydrogen) atoms. The zero-order valence-corrected chi connectivity index (χ0v) is 13.6. The zero-order valence-electron chi connectivity index (χ0n) is 12.9. The molecule has 0 fully saturated rings. The second-order valence-corrected chi connectivity index (χ2v) is 5.94. The van der Waals surface area contributed by atoms with Gasteiger partial charge < -0.3 is 10.2 Å². The smallest absolute Gasteiger partial charge is 0.231 e. The number of carbonyl (C=O) groups excluding carboxylic acids is 1. The fourth-order valence-corrected chi connectivity index (χ4v) is 2.87. The summed E-state index contributed by atoms with van der Waals surface area (Å²) in [6, 6.07) is 9.37. The van der Waals surface area contributed by atoms with Crippen molar-refractivity contribution in [3.63, 3.8) is 0 Å². The van der Waals surface area contributed by atoms with Crippen LogP contribution in [0.2, 0.25) is 5.02 Å². The maximum atomic E-state index is 12.4. The van der Waals surface area contributed by atoms with Gasteiger partial charge in [0.25, 0.3) is 0 Å². The highest BCUT2D eigenvalue weighted by molar-refractivity contribution is 6.33. The Hall–Kier alpha value is -2.33. The van der Waals surface area contributed by atoms with Crippen LogP contribution in [0.5, 0.6) is 0 Å². The molecule has 1 N–H and O–H groups in total. The van der Waals surface area contributed by atoms with Gasteiger partial charge >= 0.3 is 0 Å². The highest BCUT2D eigenvalue weighted by Gasteiger charge is 2.18. The number of hydrogen-bond donors (Lipinski definition) is 1. The summed E-state index contributed by atoms with van der Waals surface area (Å²) in [5.74, 6) is -0.353. The molecular formula is C18H18ClN3O. The summed E-state index contributed by atoms with van der Waals surface area (Å²) in [6.07, 6.45) is 7.54. The number of carbonyl (C=O) groups is 1. The molecule has 5 heteroatoms. The topological polar surface area (TPSA) is 45.2 Å². The number of rotatable bonds is 4. The van der Waals surface area contributed by atoms with E-state index in [1.54, 1.807) is 24.5 Å². The molecule has 0 unspecified atom stereocenters. The van der Waals surface area contributed by atoms with Crippen molar-refractivity contribution in [2.75, 3.05) is 23.3 Å². The standard InChI is InChI=1S/C18H18ClN3O/c1-13(18(23)21-15-6-8-20-9-7-15)14-4-5-17(16(19)12-14)22-10-2-3-11-22/h2-9,12-13H,10-11H2,1H3,(H,20,21,23)/t13-/m1/s1. The molecule has 0 saturated carbocycles. The summed E-state index contributed by atoms with van der Waals surface area (Å²) in [7, 11) is 0. The number of aromatic nitrogens is 1. The third kappa shape index (κ3) is 3.54. The molecule has 1 aromatic heterocycles. The molecule has 0 radical (unpaired) electrons. The first-order valence-electron chi connectivity index (χ1n) is 7.55. The summed E-state index contributed by atoms with van der Waals surface area (Å²) < 4.78 is 0. The van der Waals surface area contributed by atoms with Crippen LogP contribution in [0.3, 0.4) is 0 Å². The molecule has 0 saturated heterocycles. The summed E-state index contributed by atoms with van der Waals surface area (Å²) in [5.41, 5.74) is 2.64. The first-order valence-corrected chi connectivity index (χ1v) is 7.93. The average Bonchev–Trinajstić information content (AvgIpc) is 3.09. The van der Waals surface area contributed by atoms with Crippen LogP contribution in [0.1, 0.15) is 18.4 Å². The Morgan fingerprint density at radius 1 is 1.22 bits per heavy atom. The molecule has 4 nitrogen and oxygen atoms in total. The van der Waals surface area contributed by atoms with E-state index in [9.17, 15) is 4.79 Å². The van der Waals surface area contributed by atoms with E-state index < -0.39 is 0 Å². The van der Waals surface area contributed by atoms with Crippen LogP contribution >= 0.6 is 11.6 Å². The lowest BCUT2D eigenvalue weighted by Crippen LogP contribution is -2.20. The van der Waals surface area contributed by atoms with Gasteiger partial charge in [0, 0.05) is 31.2 Å². The quantitative estimate of drug-likeness (QED) is 0.867. The van der Waals surface area contributed by atoms with Crippen molar-refractivity contribution < 1.29 is 4.79 Å². The van der Waals surface area contributed by atoms with E-state index in [1.165, 1.54) is 0 Å².